The van der Waals surface area contributed by atoms with Crippen LogP contribution in [0.3, 0.4) is 0 Å². The number of allylic oxidation sites excluding steroid dienone is 1. The molecule has 4 aliphatic carbocycles. The van der Waals surface area contributed by atoms with Crippen molar-refractivity contribution in [1.29, 1.82) is 0 Å². The van der Waals surface area contributed by atoms with Gasteiger partial charge in [-0.25, -0.2) is 4.79 Å². The van der Waals surface area contributed by atoms with Crippen molar-refractivity contribution < 1.29 is 24.2 Å². The zero-order valence-electron chi connectivity index (χ0n) is 28.0. The molecule has 0 heterocycles. The first kappa shape index (κ1) is 32.2. The number of hydrogen-bond acceptors (Lipinski definition) is 6. The van der Waals surface area contributed by atoms with Crippen LogP contribution in [0.4, 0.5) is 4.79 Å². The number of phenolic OH excluding ortho intramolecular Hbond substituents is 1. The number of aromatic hydroxyl groups is 1. The monoisotopic (exact) mass is 611 g/mol. The van der Waals surface area contributed by atoms with Crippen LogP contribution in [0.1, 0.15) is 129 Å². The van der Waals surface area contributed by atoms with Gasteiger partial charge in [0.15, 0.2) is 11.5 Å². The highest BCUT2D eigenvalue weighted by Crippen LogP contribution is 2.75. The maximum absolute atomic E-state index is 12.7. The van der Waals surface area contributed by atoms with Crippen molar-refractivity contribution in [3.05, 3.63) is 34.4 Å². The van der Waals surface area contributed by atoms with Gasteiger partial charge in [0.2, 0.25) is 5.91 Å². The number of fused-ring (bicyclic) bond motifs is 7. The van der Waals surface area contributed by atoms with Crippen LogP contribution in [-0.2, 0) is 14.9 Å². The van der Waals surface area contributed by atoms with E-state index >= 15 is 0 Å². The van der Waals surface area contributed by atoms with E-state index in [-0.39, 0.29) is 50.4 Å². The summed E-state index contributed by atoms with van der Waals surface area (Å²) in [5, 5.41) is 11.8. The van der Waals surface area contributed by atoms with Gasteiger partial charge < -0.3 is 20.3 Å². The molecule has 0 bridgehead atoms. The Bertz CT molecular complexity index is 1370. The minimum absolute atomic E-state index is 0.00771. The molecule has 4 aliphatic rings. The Balaban J connectivity index is 1.65. The molecule has 238 valence electrons. The summed E-state index contributed by atoms with van der Waals surface area (Å²) in [6, 6.07) is 1.87. The fraction of sp³-hybridized carbons (Fsp3) is 0.722. The molecule has 5 rings (SSSR count). The van der Waals surface area contributed by atoms with Gasteiger partial charge >= 0.3 is 6.16 Å². The Hall–Kier alpha value is -2.15. The largest absolute Gasteiger partial charge is 0.514 e. The van der Waals surface area contributed by atoms with Gasteiger partial charge in [0.25, 0.3) is 0 Å². The van der Waals surface area contributed by atoms with E-state index in [9.17, 15) is 14.7 Å². The second kappa shape index (κ2) is 10.5. The molecule has 6 nitrogen and oxygen atoms in total. The van der Waals surface area contributed by atoms with Crippen molar-refractivity contribution >= 4 is 23.8 Å². The molecule has 3 N–H and O–H groups in total. The molecule has 1 aromatic carbocycles. The molecule has 7 atom stereocenters. The number of rotatable bonds is 5. The SMILES string of the molecule is Cc1c(OC(=O)OC(C)C)c(O)cc2c1C(SC(C)C)C=C1[C@@]2(C)CC[C@@]2(C)[C@@H]3C[C@](C)(C(N)=O)CC[C@]3(C)CC[C@]12C. The second-order valence-corrected chi connectivity index (χ2v) is 17.7. The van der Waals surface area contributed by atoms with Crippen molar-refractivity contribution in [2.45, 2.75) is 136 Å². The lowest BCUT2D eigenvalue weighted by atomic mass is 9.34. The summed E-state index contributed by atoms with van der Waals surface area (Å²) < 4.78 is 10.9. The standard InChI is InChI=1S/C36H53NO5S/c1-20(2)41-31(40)42-29-22(5)28-23(17-24(29)38)34(8)14-16-36(10)27-19-33(7,30(37)39)12-11-32(27,6)13-15-35(36,9)26(34)18-25(28)43-21(3)4/h17-18,20-21,25,27,38H,11-16,19H2,1-10H3,(H2,37,39)/t25?,27-,32-,33-,34+,35-,36+/m1/s1. The van der Waals surface area contributed by atoms with Crippen LogP contribution >= 0.6 is 11.8 Å². The van der Waals surface area contributed by atoms with E-state index in [1.165, 1.54) is 5.57 Å². The predicted molar refractivity (Wildman–Crippen MR) is 173 cm³/mol. The lowest BCUT2D eigenvalue weighted by Crippen LogP contribution is -2.63. The van der Waals surface area contributed by atoms with Crippen molar-refractivity contribution in [1.82, 2.24) is 0 Å². The number of ether oxygens (including phenoxy) is 2. The first-order valence-corrected chi connectivity index (χ1v) is 17.2. The summed E-state index contributed by atoms with van der Waals surface area (Å²) in [4.78, 5) is 25.2. The summed E-state index contributed by atoms with van der Waals surface area (Å²) in [6.45, 7) is 21.8. The first-order valence-electron chi connectivity index (χ1n) is 16.2. The quantitative estimate of drug-likeness (QED) is 0.196. The second-order valence-electron chi connectivity index (χ2n) is 15.9. The smallest absolute Gasteiger partial charge is 0.504 e. The van der Waals surface area contributed by atoms with Crippen LogP contribution in [-0.4, -0.2) is 28.5 Å². The molecule has 0 aromatic heterocycles. The van der Waals surface area contributed by atoms with E-state index in [0.29, 0.717) is 11.2 Å². The number of carbonyl (C=O) groups excluding carboxylic acids is 2. The Morgan fingerprint density at radius 1 is 1.00 bits per heavy atom. The van der Waals surface area contributed by atoms with Crippen molar-refractivity contribution in [2.24, 2.45) is 33.3 Å². The van der Waals surface area contributed by atoms with Gasteiger partial charge in [-0.3, -0.25) is 4.79 Å². The molecule has 1 unspecified atom stereocenters. The molecule has 0 radical (unpaired) electrons. The molecule has 0 aliphatic heterocycles. The van der Waals surface area contributed by atoms with Crippen molar-refractivity contribution in [3.8, 4) is 11.5 Å². The number of nitrogens with two attached hydrogens (primary N) is 1. The van der Waals surface area contributed by atoms with Crippen LogP contribution in [0.5, 0.6) is 11.5 Å². The third-order valence-corrected chi connectivity index (χ3v) is 13.8. The van der Waals surface area contributed by atoms with Crippen LogP contribution in [0.2, 0.25) is 0 Å². The maximum Gasteiger partial charge on any atom is 0.514 e. The number of phenols is 1. The van der Waals surface area contributed by atoms with E-state index in [0.717, 1.165) is 61.6 Å². The van der Waals surface area contributed by atoms with E-state index in [2.05, 4.69) is 54.5 Å². The fourth-order valence-electron chi connectivity index (χ4n) is 9.73. The fourth-order valence-corrected chi connectivity index (χ4v) is 11.0. The normalized spacial score (nSPS) is 38.4. The minimum Gasteiger partial charge on any atom is -0.504 e. The number of amides is 1. The minimum atomic E-state index is -0.804. The van der Waals surface area contributed by atoms with Crippen LogP contribution in [0.25, 0.3) is 0 Å². The third kappa shape index (κ3) is 4.82. The number of carbonyl (C=O) groups is 2. The van der Waals surface area contributed by atoms with Gasteiger partial charge in [-0.1, -0.05) is 60.1 Å². The highest BCUT2D eigenvalue weighted by molar-refractivity contribution is 8.00. The zero-order chi connectivity index (χ0) is 31.9. The first-order chi connectivity index (χ1) is 19.8. The molecule has 0 saturated heterocycles. The van der Waals surface area contributed by atoms with Crippen LogP contribution in [0, 0.1) is 34.5 Å². The number of hydrogen-bond donors (Lipinski definition) is 2. The van der Waals surface area contributed by atoms with Gasteiger partial charge in [-0.05, 0) is 110 Å². The van der Waals surface area contributed by atoms with Gasteiger partial charge in [0, 0.05) is 21.6 Å². The molecule has 3 fully saturated rings. The topological polar surface area (TPSA) is 98.8 Å². The summed E-state index contributed by atoms with van der Waals surface area (Å²) in [7, 11) is 0. The van der Waals surface area contributed by atoms with Gasteiger partial charge in [-0.2, -0.15) is 0 Å². The Morgan fingerprint density at radius 3 is 2.26 bits per heavy atom. The summed E-state index contributed by atoms with van der Waals surface area (Å²) in [6.07, 6.45) is 8.40. The summed E-state index contributed by atoms with van der Waals surface area (Å²) in [5.41, 5.74) is 9.98. The van der Waals surface area contributed by atoms with Crippen LogP contribution < -0.4 is 10.5 Å². The Labute approximate surface area is 262 Å². The van der Waals surface area contributed by atoms with Crippen molar-refractivity contribution in [3.63, 3.8) is 0 Å². The lowest BCUT2D eigenvalue weighted by molar-refractivity contribution is -0.166. The van der Waals surface area contributed by atoms with Gasteiger partial charge in [0.1, 0.15) is 0 Å². The average Bonchev–Trinajstić information content (AvgIpc) is 2.89. The highest BCUT2D eigenvalue weighted by Gasteiger charge is 2.67. The maximum atomic E-state index is 12.7. The molecule has 1 amide bonds. The lowest BCUT2D eigenvalue weighted by Gasteiger charge is -2.70. The van der Waals surface area contributed by atoms with E-state index in [4.69, 9.17) is 15.2 Å². The molecule has 0 spiro atoms. The van der Waals surface area contributed by atoms with E-state index < -0.39 is 11.6 Å². The third-order valence-electron chi connectivity index (χ3n) is 12.6. The predicted octanol–water partition coefficient (Wildman–Crippen LogP) is 8.90. The Kier molecular flexibility index (Phi) is 7.84. The average molecular weight is 612 g/mol. The number of thioether (sulfide) groups is 1. The molecular weight excluding hydrogens is 558 g/mol. The van der Waals surface area contributed by atoms with Gasteiger partial charge in [0.05, 0.1) is 6.10 Å². The zero-order valence-corrected chi connectivity index (χ0v) is 28.8. The highest BCUT2D eigenvalue weighted by atomic mass is 32.2. The summed E-state index contributed by atoms with van der Waals surface area (Å²) >= 11 is 1.90. The molecule has 43 heavy (non-hydrogen) atoms. The number of benzene rings is 1. The molecule has 3 saturated carbocycles. The molecular formula is C36H53NO5S. The molecule has 7 heteroatoms. The molecule has 1 aromatic rings. The summed E-state index contributed by atoms with van der Waals surface area (Å²) in [5.74, 6) is 0.400. The van der Waals surface area contributed by atoms with Crippen molar-refractivity contribution in [2.75, 3.05) is 0 Å². The van der Waals surface area contributed by atoms with E-state index in [1.54, 1.807) is 13.8 Å². The number of primary amides is 1. The van der Waals surface area contributed by atoms with E-state index in [1.807, 2.05) is 24.8 Å². The Morgan fingerprint density at radius 2 is 1.65 bits per heavy atom. The van der Waals surface area contributed by atoms with Gasteiger partial charge in [-0.15, -0.1) is 11.8 Å². The van der Waals surface area contributed by atoms with Crippen LogP contribution in [0.15, 0.2) is 17.7 Å².